The van der Waals surface area contributed by atoms with Crippen LogP contribution in [-0.4, -0.2) is 24.3 Å². The van der Waals surface area contributed by atoms with E-state index in [1.54, 1.807) is 22.3 Å². The molecule has 0 aliphatic carbocycles. The summed E-state index contributed by atoms with van der Waals surface area (Å²) in [5.41, 5.74) is 5.53. The molecular formula is C21H24ClN5S. The van der Waals surface area contributed by atoms with Gasteiger partial charge in [-0.25, -0.2) is 14.6 Å². The minimum Gasteiger partial charge on any atom is -0.343 e. The van der Waals surface area contributed by atoms with Crippen molar-refractivity contribution < 1.29 is 0 Å². The Bertz CT molecular complexity index is 1150. The molecule has 0 saturated heterocycles. The Hall–Kier alpha value is -2.18. The molecule has 4 heterocycles. The Labute approximate surface area is 174 Å². The SMILES string of the molecule is CCC(CC)n1cc(C)c2nc(-c3sc(-c4ncnn4C)cc3Cl)c(C)cc21. The van der Waals surface area contributed by atoms with Crippen molar-refractivity contribution >= 4 is 34.0 Å². The molecule has 0 fully saturated rings. The first kappa shape index (κ1) is 19.2. The summed E-state index contributed by atoms with van der Waals surface area (Å²) < 4.78 is 4.14. The summed E-state index contributed by atoms with van der Waals surface area (Å²) in [4.78, 5) is 11.4. The van der Waals surface area contributed by atoms with Crippen LogP contribution in [0, 0.1) is 13.8 Å². The number of fused-ring (bicyclic) bond motifs is 1. The zero-order valence-corrected chi connectivity index (χ0v) is 18.4. The number of hydrogen-bond donors (Lipinski definition) is 0. The van der Waals surface area contributed by atoms with Crippen molar-refractivity contribution in [3.05, 3.63) is 40.8 Å². The van der Waals surface area contributed by atoms with Gasteiger partial charge in [-0.05, 0) is 49.9 Å². The molecule has 0 N–H and O–H groups in total. The van der Waals surface area contributed by atoms with E-state index in [9.17, 15) is 0 Å². The molecule has 0 radical (unpaired) electrons. The van der Waals surface area contributed by atoms with Gasteiger partial charge in [0, 0.05) is 19.3 Å². The van der Waals surface area contributed by atoms with Crippen LogP contribution in [-0.2, 0) is 7.05 Å². The number of nitrogens with zero attached hydrogens (tertiary/aromatic N) is 5. The highest BCUT2D eigenvalue weighted by molar-refractivity contribution is 7.19. The highest BCUT2D eigenvalue weighted by Gasteiger charge is 2.20. The van der Waals surface area contributed by atoms with Gasteiger partial charge in [-0.1, -0.05) is 25.4 Å². The first-order chi connectivity index (χ1) is 13.4. The summed E-state index contributed by atoms with van der Waals surface area (Å²) in [5.74, 6) is 0.813. The summed E-state index contributed by atoms with van der Waals surface area (Å²) in [7, 11) is 1.88. The Morgan fingerprint density at radius 3 is 2.54 bits per heavy atom. The molecular weight excluding hydrogens is 390 g/mol. The maximum absolute atomic E-state index is 6.62. The van der Waals surface area contributed by atoms with Crippen LogP contribution < -0.4 is 0 Å². The first-order valence-corrected chi connectivity index (χ1v) is 10.8. The molecule has 4 rings (SSSR count). The van der Waals surface area contributed by atoms with Crippen molar-refractivity contribution in [2.24, 2.45) is 7.05 Å². The van der Waals surface area contributed by atoms with Gasteiger partial charge < -0.3 is 4.57 Å². The van der Waals surface area contributed by atoms with Crippen LogP contribution in [0.15, 0.2) is 24.7 Å². The fraction of sp³-hybridized carbons (Fsp3) is 0.381. The topological polar surface area (TPSA) is 48.5 Å². The Morgan fingerprint density at radius 1 is 1.14 bits per heavy atom. The largest absolute Gasteiger partial charge is 0.343 e. The average Bonchev–Trinajstić information content (AvgIpc) is 3.34. The maximum atomic E-state index is 6.62. The van der Waals surface area contributed by atoms with Gasteiger partial charge in [0.1, 0.15) is 6.33 Å². The van der Waals surface area contributed by atoms with E-state index in [0.717, 1.165) is 45.2 Å². The van der Waals surface area contributed by atoms with Crippen LogP contribution in [0.2, 0.25) is 5.02 Å². The molecule has 28 heavy (non-hydrogen) atoms. The van der Waals surface area contributed by atoms with E-state index in [1.807, 2.05) is 13.1 Å². The lowest BCUT2D eigenvalue weighted by atomic mass is 10.1. The number of rotatable bonds is 5. The van der Waals surface area contributed by atoms with Crippen molar-refractivity contribution in [1.82, 2.24) is 24.3 Å². The minimum absolute atomic E-state index is 0.496. The molecule has 0 saturated carbocycles. The summed E-state index contributed by atoms with van der Waals surface area (Å²) in [6.07, 6.45) is 6.01. The van der Waals surface area contributed by atoms with Crippen LogP contribution in [0.4, 0.5) is 0 Å². The van der Waals surface area contributed by atoms with Crippen molar-refractivity contribution in [3.63, 3.8) is 0 Å². The number of pyridine rings is 1. The number of halogens is 1. The van der Waals surface area contributed by atoms with E-state index in [1.165, 1.54) is 11.1 Å². The zero-order chi connectivity index (χ0) is 20.0. The average molecular weight is 414 g/mol. The highest BCUT2D eigenvalue weighted by atomic mass is 35.5. The van der Waals surface area contributed by atoms with Crippen LogP contribution in [0.25, 0.3) is 32.3 Å². The minimum atomic E-state index is 0.496. The lowest BCUT2D eigenvalue weighted by molar-refractivity contribution is 0.485. The molecule has 4 aromatic rings. The third kappa shape index (κ3) is 3.05. The molecule has 0 unspecified atom stereocenters. The molecule has 7 heteroatoms. The Kier molecular flexibility index (Phi) is 5.02. The predicted molar refractivity (Wildman–Crippen MR) is 117 cm³/mol. The summed E-state index contributed by atoms with van der Waals surface area (Å²) >= 11 is 8.23. The monoisotopic (exact) mass is 413 g/mol. The number of aromatic nitrogens is 5. The molecule has 0 amide bonds. The molecule has 146 valence electrons. The van der Waals surface area contributed by atoms with Crippen LogP contribution in [0.5, 0.6) is 0 Å². The third-order valence-corrected chi connectivity index (χ3v) is 6.89. The molecule has 0 bridgehead atoms. The van der Waals surface area contributed by atoms with Gasteiger partial charge in [0.25, 0.3) is 0 Å². The Morgan fingerprint density at radius 2 is 1.89 bits per heavy atom. The van der Waals surface area contributed by atoms with Gasteiger partial charge in [-0.3, -0.25) is 0 Å². The van der Waals surface area contributed by atoms with E-state index in [0.29, 0.717) is 11.1 Å². The Balaban J connectivity index is 1.87. The molecule has 0 aromatic carbocycles. The smallest absolute Gasteiger partial charge is 0.167 e. The van der Waals surface area contributed by atoms with Gasteiger partial charge in [0.15, 0.2) is 5.82 Å². The van der Waals surface area contributed by atoms with Crippen molar-refractivity contribution in [3.8, 4) is 21.3 Å². The molecule has 4 aromatic heterocycles. The highest BCUT2D eigenvalue weighted by Crippen LogP contribution is 2.41. The van der Waals surface area contributed by atoms with Crippen molar-refractivity contribution in [2.75, 3.05) is 0 Å². The van der Waals surface area contributed by atoms with Gasteiger partial charge in [-0.15, -0.1) is 11.3 Å². The van der Waals surface area contributed by atoms with E-state index < -0.39 is 0 Å². The number of hydrogen-bond acceptors (Lipinski definition) is 4. The maximum Gasteiger partial charge on any atom is 0.167 e. The molecule has 5 nitrogen and oxygen atoms in total. The lowest BCUT2D eigenvalue weighted by Gasteiger charge is -2.16. The third-order valence-electron chi connectivity index (χ3n) is 5.35. The first-order valence-electron chi connectivity index (χ1n) is 9.57. The predicted octanol–water partition coefficient (Wildman–Crippen LogP) is 6.19. The second-order valence-corrected chi connectivity index (χ2v) is 8.67. The summed E-state index contributed by atoms with van der Waals surface area (Å²) in [6.45, 7) is 8.72. The van der Waals surface area contributed by atoms with Gasteiger partial charge in [-0.2, -0.15) is 5.10 Å². The van der Waals surface area contributed by atoms with E-state index in [-0.39, 0.29) is 0 Å². The van der Waals surface area contributed by atoms with Gasteiger partial charge in [0.2, 0.25) is 0 Å². The van der Waals surface area contributed by atoms with Crippen molar-refractivity contribution in [2.45, 2.75) is 46.6 Å². The van der Waals surface area contributed by atoms with Crippen LogP contribution >= 0.6 is 22.9 Å². The second-order valence-electron chi connectivity index (χ2n) is 7.21. The van der Waals surface area contributed by atoms with Crippen LogP contribution in [0.1, 0.15) is 43.9 Å². The van der Waals surface area contributed by atoms with Crippen LogP contribution in [0.3, 0.4) is 0 Å². The standard InChI is InChI=1S/C21H24ClN5S/c1-6-14(7-2)27-10-13(4)18-16(27)8-12(3)19(25-18)20-15(22)9-17(28-20)21-23-11-24-26(21)5/h8-11,14H,6-7H2,1-5H3. The molecule has 0 aliphatic rings. The van der Waals surface area contributed by atoms with Gasteiger partial charge in [0.05, 0.1) is 31.5 Å². The molecule has 0 atom stereocenters. The summed E-state index contributed by atoms with van der Waals surface area (Å²) in [5, 5.41) is 4.86. The van der Waals surface area contributed by atoms with E-state index in [2.05, 4.69) is 54.6 Å². The number of aryl methyl sites for hydroxylation is 3. The zero-order valence-electron chi connectivity index (χ0n) is 16.8. The number of thiophene rings is 1. The second kappa shape index (κ2) is 7.33. The normalized spacial score (nSPS) is 11.8. The fourth-order valence-corrected chi connectivity index (χ4v) is 5.31. The van der Waals surface area contributed by atoms with E-state index >= 15 is 0 Å². The lowest BCUT2D eigenvalue weighted by Crippen LogP contribution is -2.05. The summed E-state index contributed by atoms with van der Waals surface area (Å²) in [6, 6.07) is 4.70. The van der Waals surface area contributed by atoms with E-state index in [4.69, 9.17) is 16.6 Å². The van der Waals surface area contributed by atoms with Crippen molar-refractivity contribution in [1.29, 1.82) is 0 Å². The molecule has 0 aliphatic heterocycles. The molecule has 0 spiro atoms. The fourth-order valence-electron chi connectivity index (χ4n) is 3.80. The quantitative estimate of drug-likeness (QED) is 0.391. The van der Waals surface area contributed by atoms with Gasteiger partial charge >= 0.3 is 0 Å².